The van der Waals surface area contributed by atoms with E-state index in [1.54, 1.807) is 16.3 Å². The van der Waals surface area contributed by atoms with Crippen molar-refractivity contribution >= 4 is 29.1 Å². The summed E-state index contributed by atoms with van der Waals surface area (Å²) in [5.41, 5.74) is 3.44. The highest BCUT2D eigenvalue weighted by atomic mass is 32.2. The summed E-state index contributed by atoms with van der Waals surface area (Å²) in [6.45, 7) is 4.04. The third-order valence-electron chi connectivity index (χ3n) is 4.25. The number of fused-ring (bicyclic) bond motifs is 1. The molecule has 0 radical (unpaired) electrons. The van der Waals surface area contributed by atoms with Gasteiger partial charge in [-0.15, -0.1) is 0 Å². The quantitative estimate of drug-likeness (QED) is 0.512. The molecule has 0 saturated carbocycles. The van der Waals surface area contributed by atoms with Crippen molar-refractivity contribution in [3.63, 3.8) is 0 Å². The van der Waals surface area contributed by atoms with E-state index in [9.17, 15) is 4.79 Å². The summed E-state index contributed by atoms with van der Waals surface area (Å²) >= 11 is 1.58. The lowest BCUT2D eigenvalue weighted by Gasteiger charge is -2.08. The van der Waals surface area contributed by atoms with Crippen LogP contribution in [0.2, 0.25) is 0 Å². The second-order valence-electron chi connectivity index (χ2n) is 6.36. The van der Waals surface area contributed by atoms with Crippen LogP contribution in [0.25, 0.3) is 5.78 Å². The maximum absolute atomic E-state index is 12.4. The van der Waals surface area contributed by atoms with Gasteiger partial charge in [0, 0.05) is 21.8 Å². The van der Waals surface area contributed by atoms with E-state index in [4.69, 9.17) is 0 Å². The van der Waals surface area contributed by atoms with E-state index in [2.05, 4.69) is 27.3 Å². The largest absolute Gasteiger partial charge is 0.322 e. The summed E-state index contributed by atoms with van der Waals surface area (Å²) in [7, 11) is 0. The third-order valence-corrected chi connectivity index (χ3v) is 5.26. The van der Waals surface area contributed by atoms with E-state index >= 15 is 0 Å². The molecule has 7 heteroatoms. The van der Waals surface area contributed by atoms with Crippen LogP contribution in [0.4, 0.5) is 5.69 Å². The molecule has 2 heterocycles. The van der Waals surface area contributed by atoms with Crippen LogP contribution < -0.4 is 5.32 Å². The van der Waals surface area contributed by atoms with Crippen LogP contribution in [-0.4, -0.2) is 25.5 Å². The fraction of sp³-hybridized carbons (Fsp3) is 0.143. The monoisotopic (exact) mass is 389 g/mol. The number of carbonyl (C=O) groups is 1. The Morgan fingerprint density at radius 2 is 1.96 bits per heavy atom. The summed E-state index contributed by atoms with van der Waals surface area (Å²) in [4.78, 5) is 22.1. The van der Waals surface area contributed by atoms with Crippen molar-refractivity contribution in [3.05, 3.63) is 77.7 Å². The smallest absolute Gasteiger partial charge is 0.255 e. The van der Waals surface area contributed by atoms with Gasteiger partial charge in [0.25, 0.3) is 11.7 Å². The van der Waals surface area contributed by atoms with Crippen LogP contribution >= 0.6 is 11.8 Å². The average molecular weight is 389 g/mol. The minimum absolute atomic E-state index is 0.116. The summed E-state index contributed by atoms with van der Waals surface area (Å²) < 4.78 is 1.73. The second-order valence-corrected chi connectivity index (χ2v) is 7.45. The Labute approximate surface area is 167 Å². The molecule has 0 aliphatic carbocycles. The predicted molar refractivity (Wildman–Crippen MR) is 110 cm³/mol. The van der Waals surface area contributed by atoms with Gasteiger partial charge in [-0.2, -0.15) is 14.6 Å². The van der Waals surface area contributed by atoms with E-state index in [0.717, 1.165) is 33.3 Å². The fourth-order valence-corrected chi connectivity index (χ4v) is 3.73. The molecule has 28 heavy (non-hydrogen) atoms. The highest BCUT2D eigenvalue weighted by Gasteiger charge is 2.10. The number of amides is 1. The van der Waals surface area contributed by atoms with Crippen LogP contribution in [0.1, 0.15) is 28.5 Å². The molecule has 0 unspecified atom stereocenters. The van der Waals surface area contributed by atoms with Crippen LogP contribution in [0.5, 0.6) is 0 Å². The van der Waals surface area contributed by atoms with Crippen molar-refractivity contribution in [3.8, 4) is 0 Å². The molecule has 4 aromatic rings. The van der Waals surface area contributed by atoms with Gasteiger partial charge in [-0.1, -0.05) is 36.4 Å². The summed E-state index contributed by atoms with van der Waals surface area (Å²) in [5.74, 6) is 0.485. The van der Waals surface area contributed by atoms with Crippen LogP contribution in [0, 0.1) is 6.92 Å². The van der Waals surface area contributed by atoms with E-state index in [1.807, 2.05) is 61.5 Å². The van der Waals surface area contributed by atoms with Gasteiger partial charge >= 0.3 is 0 Å². The zero-order chi connectivity index (χ0) is 19.5. The van der Waals surface area contributed by atoms with Crippen molar-refractivity contribution < 1.29 is 4.79 Å². The Kier molecular flexibility index (Phi) is 5.08. The lowest BCUT2D eigenvalue weighted by molar-refractivity contribution is 0.102. The molecule has 0 atom stereocenters. The molecule has 0 fully saturated rings. The molecular weight excluding hydrogens is 370 g/mol. The average Bonchev–Trinajstić information content (AvgIpc) is 3.18. The number of aromatic nitrogens is 4. The number of nitrogens with zero attached hydrogens (tertiary/aromatic N) is 4. The zero-order valence-corrected chi connectivity index (χ0v) is 16.4. The number of benzene rings is 2. The molecule has 0 aliphatic heterocycles. The molecule has 2 aromatic heterocycles. The maximum Gasteiger partial charge on any atom is 0.255 e. The number of rotatable bonds is 5. The van der Waals surface area contributed by atoms with Gasteiger partial charge in [0.15, 0.2) is 0 Å². The Morgan fingerprint density at radius 1 is 1.14 bits per heavy atom. The summed E-state index contributed by atoms with van der Waals surface area (Å²) in [5, 5.41) is 8.14. The van der Waals surface area contributed by atoms with E-state index < -0.39 is 0 Å². The number of hydrogen-bond acceptors (Lipinski definition) is 5. The topological polar surface area (TPSA) is 72.2 Å². The van der Waals surface area contributed by atoms with E-state index in [0.29, 0.717) is 11.3 Å². The summed E-state index contributed by atoms with van der Waals surface area (Å²) in [6, 6.07) is 17.3. The van der Waals surface area contributed by atoms with Crippen molar-refractivity contribution in [1.29, 1.82) is 0 Å². The first-order valence-electron chi connectivity index (χ1n) is 8.98. The standard InChI is InChI=1S/C21H19N5OS/c1-3-16-12-19(26-21(25-16)22-13-23-26)28-18-9-7-17(8-10-18)24-20(27)15-6-4-5-14(2)11-15/h4-13H,3H2,1-2H3,(H,24,27). The van der Waals surface area contributed by atoms with Crippen LogP contribution in [0.15, 0.2) is 70.8 Å². The Bertz CT molecular complexity index is 1140. The summed E-state index contributed by atoms with van der Waals surface area (Å²) in [6.07, 6.45) is 2.34. The first-order chi connectivity index (χ1) is 13.6. The van der Waals surface area contributed by atoms with Crippen molar-refractivity contribution in [2.45, 2.75) is 30.2 Å². The van der Waals surface area contributed by atoms with Crippen LogP contribution in [-0.2, 0) is 6.42 Å². The third kappa shape index (κ3) is 3.89. The van der Waals surface area contributed by atoms with E-state index in [-0.39, 0.29) is 5.91 Å². The predicted octanol–water partition coefficient (Wildman–Crippen LogP) is 4.40. The number of aryl methyl sites for hydroxylation is 2. The zero-order valence-electron chi connectivity index (χ0n) is 15.6. The SMILES string of the molecule is CCc1cc(Sc2ccc(NC(=O)c3cccc(C)c3)cc2)n2ncnc2n1. The number of hydrogen-bond donors (Lipinski definition) is 1. The molecule has 4 rings (SSSR count). The molecule has 0 bridgehead atoms. The molecule has 140 valence electrons. The molecule has 1 N–H and O–H groups in total. The first-order valence-corrected chi connectivity index (χ1v) is 9.79. The lowest BCUT2D eigenvalue weighted by atomic mass is 10.1. The van der Waals surface area contributed by atoms with Gasteiger partial charge in [0.2, 0.25) is 0 Å². The van der Waals surface area contributed by atoms with Crippen molar-refractivity contribution in [2.24, 2.45) is 0 Å². The van der Waals surface area contributed by atoms with Crippen LogP contribution in [0.3, 0.4) is 0 Å². The molecule has 0 spiro atoms. The maximum atomic E-state index is 12.4. The number of carbonyl (C=O) groups excluding carboxylic acids is 1. The van der Waals surface area contributed by atoms with E-state index in [1.165, 1.54) is 6.33 Å². The lowest BCUT2D eigenvalue weighted by Crippen LogP contribution is -2.11. The van der Waals surface area contributed by atoms with Gasteiger partial charge in [-0.3, -0.25) is 4.79 Å². The molecule has 0 aliphatic rings. The van der Waals surface area contributed by atoms with Gasteiger partial charge in [-0.25, -0.2) is 4.98 Å². The minimum Gasteiger partial charge on any atom is -0.322 e. The molecular formula is C21H19N5OS. The minimum atomic E-state index is -0.116. The number of anilines is 1. The molecule has 2 aromatic carbocycles. The Balaban J connectivity index is 1.51. The number of nitrogens with one attached hydrogen (secondary N) is 1. The van der Waals surface area contributed by atoms with Gasteiger partial charge in [0.05, 0.1) is 0 Å². The molecule has 6 nitrogen and oxygen atoms in total. The van der Waals surface area contributed by atoms with Gasteiger partial charge in [-0.05, 0) is 55.8 Å². The highest BCUT2D eigenvalue weighted by Crippen LogP contribution is 2.29. The second kappa shape index (κ2) is 7.82. The Hall–Kier alpha value is -3.19. The normalized spacial score (nSPS) is 10.9. The van der Waals surface area contributed by atoms with Gasteiger partial charge < -0.3 is 5.32 Å². The molecule has 0 saturated heterocycles. The van der Waals surface area contributed by atoms with Gasteiger partial charge in [0.1, 0.15) is 11.4 Å². The van der Waals surface area contributed by atoms with Crippen molar-refractivity contribution in [2.75, 3.05) is 5.32 Å². The Morgan fingerprint density at radius 3 is 2.71 bits per heavy atom. The fourth-order valence-electron chi connectivity index (χ4n) is 2.80. The van der Waals surface area contributed by atoms with Crippen molar-refractivity contribution in [1.82, 2.24) is 19.6 Å². The highest BCUT2D eigenvalue weighted by molar-refractivity contribution is 7.99. The first kappa shape index (κ1) is 18.2. The molecule has 1 amide bonds.